The van der Waals surface area contributed by atoms with E-state index in [-0.39, 0.29) is 17.7 Å². The zero-order valence-corrected chi connectivity index (χ0v) is 13.9. The fourth-order valence-electron chi connectivity index (χ4n) is 2.46. The Morgan fingerprint density at radius 2 is 1.86 bits per heavy atom. The van der Waals surface area contributed by atoms with E-state index in [2.05, 4.69) is 18.8 Å². The lowest BCUT2D eigenvalue weighted by Crippen LogP contribution is -2.35. The van der Waals surface area contributed by atoms with Crippen LogP contribution in [-0.2, 0) is 0 Å². The first-order valence-corrected chi connectivity index (χ1v) is 7.37. The van der Waals surface area contributed by atoms with Gasteiger partial charge < -0.3 is 15.6 Å². The number of nitrogens with zero attached hydrogens (tertiary/aromatic N) is 1. The Morgan fingerprint density at radius 3 is 2.29 bits per heavy atom. The maximum atomic E-state index is 12.5. The molecule has 1 aromatic rings. The van der Waals surface area contributed by atoms with Crippen LogP contribution >= 0.6 is 0 Å². The van der Waals surface area contributed by atoms with Crippen LogP contribution in [0.3, 0.4) is 0 Å². The minimum Gasteiger partial charge on any atom is -0.354 e. The maximum Gasteiger partial charge on any atom is 0.270 e. The molecule has 1 heterocycles. The molecule has 1 atom stereocenters. The second-order valence-electron chi connectivity index (χ2n) is 6.10. The molecule has 1 aromatic heterocycles. The van der Waals surface area contributed by atoms with Crippen LogP contribution in [0, 0.1) is 19.8 Å². The number of hydrogen-bond acceptors (Lipinski definition) is 3. The molecule has 0 bridgehead atoms. The number of H-pyrrole nitrogens is 1. The molecule has 0 fully saturated rings. The summed E-state index contributed by atoms with van der Waals surface area (Å²) < 4.78 is 0. The van der Waals surface area contributed by atoms with Gasteiger partial charge in [0.2, 0.25) is 0 Å². The van der Waals surface area contributed by atoms with Gasteiger partial charge in [0.25, 0.3) is 5.91 Å². The minimum atomic E-state index is -0.0981. The first-order chi connectivity index (χ1) is 9.66. The van der Waals surface area contributed by atoms with Crippen molar-refractivity contribution >= 4 is 11.7 Å². The Hall–Kier alpha value is -1.62. The van der Waals surface area contributed by atoms with Gasteiger partial charge in [-0.2, -0.15) is 0 Å². The molecule has 0 saturated carbocycles. The number of carbonyl (C=O) groups is 2. The van der Waals surface area contributed by atoms with Gasteiger partial charge in [0.05, 0.1) is 0 Å². The van der Waals surface area contributed by atoms with E-state index < -0.39 is 0 Å². The highest BCUT2D eigenvalue weighted by molar-refractivity contribution is 6.02. The lowest BCUT2D eigenvalue weighted by Gasteiger charge is -2.21. The maximum absolute atomic E-state index is 12.5. The van der Waals surface area contributed by atoms with E-state index in [1.165, 1.54) is 6.92 Å². The monoisotopic (exact) mass is 293 g/mol. The molecule has 5 nitrogen and oxygen atoms in total. The van der Waals surface area contributed by atoms with Crippen molar-refractivity contribution in [3.63, 3.8) is 0 Å². The number of hydrogen-bond donors (Lipinski definition) is 2. The summed E-state index contributed by atoms with van der Waals surface area (Å²) in [6, 6.07) is 0.0829. The van der Waals surface area contributed by atoms with Crippen molar-refractivity contribution in [1.82, 2.24) is 9.88 Å². The normalized spacial score (nSPS) is 12.6. The topological polar surface area (TPSA) is 79.2 Å². The van der Waals surface area contributed by atoms with Crippen molar-refractivity contribution in [3.8, 4) is 0 Å². The first-order valence-electron chi connectivity index (χ1n) is 7.37. The van der Waals surface area contributed by atoms with E-state index in [0.717, 1.165) is 17.7 Å². The van der Waals surface area contributed by atoms with Crippen LogP contribution in [0.5, 0.6) is 0 Å². The number of ketones is 1. The number of aromatic amines is 1. The third-order valence-corrected chi connectivity index (χ3v) is 4.00. The van der Waals surface area contributed by atoms with Crippen molar-refractivity contribution in [1.29, 1.82) is 0 Å². The molecule has 0 aliphatic heterocycles. The number of rotatable bonds is 6. The molecule has 21 heavy (non-hydrogen) atoms. The predicted octanol–water partition coefficient (Wildman–Crippen LogP) is 2.28. The van der Waals surface area contributed by atoms with Crippen LogP contribution in [0.2, 0.25) is 0 Å². The van der Waals surface area contributed by atoms with Crippen LogP contribution in [0.15, 0.2) is 0 Å². The molecule has 118 valence electrons. The Morgan fingerprint density at radius 1 is 1.29 bits per heavy atom. The first kappa shape index (κ1) is 17.4. The van der Waals surface area contributed by atoms with Crippen molar-refractivity contribution in [2.75, 3.05) is 13.6 Å². The fraction of sp³-hybridized carbons (Fsp3) is 0.625. The van der Waals surface area contributed by atoms with Gasteiger partial charge in [-0.05, 0) is 38.7 Å². The zero-order valence-electron chi connectivity index (χ0n) is 13.9. The van der Waals surface area contributed by atoms with Gasteiger partial charge in [0.15, 0.2) is 5.78 Å². The smallest absolute Gasteiger partial charge is 0.270 e. The molecule has 0 aliphatic carbocycles. The highest BCUT2D eigenvalue weighted by atomic mass is 16.2. The van der Waals surface area contributed by atoms with Crippen LogP contribution in [0.1, 0.15) is 59.3 Å². The van der Waals surface area contributed by atoms with Crippen LogP contribution in [0.25, 0.3) is 0 Å². The Kier molecular flexibility index (Phi) is 5.72. The van der Waals surface area contributed by atoms with Gasteiger partial charge in [-0.3, -0.25) is 9.59 Å². The quantitative estimate of drug-likeness (QED) is 0.790. The van der Waals surface area contributed by atoms with Gasteiger partial charge in [0.1, 0.15) is 5.69 Å². The molecule has 1 unspecified atom stereocenters. The molecule has 5 heteroatoms. The summed E-state index contributed by atoms with van der Waals surface area (Å²) in [5.41, 5.74) is 8.60. The average Bonchev–Trinajstić information content (AvgIpc) is 2.69. The van der Waals surface area contributed by atoms with Crippen molar-refractivity contribution in [3.05, 3.63) is 22.5 Å². The summed E-state index contributed by atoms with van der Waals surface area (Å²) in [6.07, 6.45) is 0.762. The highest BCUT2D eigenvalue weighted by Gasteiger charge is 2.22. The highest BCUT2D eigenvalue weighted by Crippen LogP contribution is 2.19. The van der Waals surface area contributed by atoms with Crippen LogP contribution in [0.4, 0.5) is 0 Å². The van der Waals surface area contributed by atoms with E-state index >= 15 is 0 Å². The molecular formula is C16H27N3O2. The number of carbonyl (C=O) groups excluding carboxylic acids is 2. The van der Waals surface area contributed by atoms with E-state index in [1.807, 2.05) is 6.92 Å². The minimum absolute atomic E-state index is 0.0233. The van der Waals surface area contributed by atoms with E-state index in [1.54, 1.807) is 18.9 Å². The number of aromatic nitrogens is 1. The zero-order chi connectivity index (χ0) is 16.3. The second kappa shape index (κ2) is 6.89. The summed E-state index contributed by atoms with van der Waals surface area (Å²) in [7, 11) is 1.76. The van der Waals surface area contributed by atoms with Gasteiger partial charge in [-0.1, -0.05) is 13.8 Å². The number of nitrogens with two attached hydrogens (primary N) is 1. The van der Waals surface area contributed by atoms with Crippen LogP contribution in [-0.4, -0.2) is 41.2 Å². The lowest BCUT2D eigenvalue weighted by molar-refractivity contribution is 0.0783. The van der Waals surface area contributed by atoms with E-state index in [4.69, 9.17) is 5.73 Å². The van der Waals surface area contributed by atoms with Crippen molar-refractivity contribution in [2.45, 2.75) is 47.1 Å². The molecule has 0 radical (unpaired) electrons. The summed E-state index contributed by atoms with van der Waals surface area (Å²) in [5.74, 6) is 0.274. The van der Waals surface area contributed by atoms with E-state index in [9.17, 15) is 9.59 Å². The fourth-order valence-corrected chi connectivity index (χ4v) is 2.46. The summed E-state index contributed by atoms with van der Waals surface area (Å²) in [6.45, 7) is 9.89. The van der Waals surface area contributed by atoms with Crippen molar-refractivity contribution < 1.29 is 9.59 Å². The van der Waals surface area contributed by atoms with Gasteiger partial charge >= 0.3 is 0 Å². The Balaban J connectivity index is 2.84. The van der Waals surface area contributed by atoms with Crippen LogP contribution < -0.4 is 5.73 Å². The number of Topliss-reactive ketones (excluding diaryl/α,β-unsaturated/α-hetero) is 1. The van der Waals surface area contributed by atoms with Crippen molar-refractivity contribution in [2.24, 2.45) is 11.7 Å². The lowest BCUT2D eigenvalue weighted by atomic mass is 10.0. The molecule has 0 saturated heterocycles. The van der Waals surface area contributed by atoms with Gasteiger partial charge in [-0.25, -0.2) is 0 Å². The number of nitrogens with one attached hydrogen (secondary N) is 1. The van der Waals surface area contributed by atoms with E-state index in [0.29, 0.717) is 23.7 Å². The van der Waals surface area contributed by atoms with Gasteiger partial charge in [0, 0.05) is 30.9 Å². The molecule has 0 aliphatic rings. The predicted molar refractivity (Wildman–Crippen MR) is 84.7 cm³/mol. The number of aryl methyl sites for hydroxylation is 1. The summed E-state index contributed by atoms with van der Waals surface area (Å²) >= 11 is 0. The second-order valence-corrected chi connectivity index (χ2v) is 6.10. The SMILES string of the molecule is CC(=O)c1c(C)[nH]c(C(=O)N(C)CCC(N)C(C)C)c1C. The average molecular weight is 293 g/mol. The third-order valence-electron chi connectivity index (χ3n) is 4.00. The molecule has 3 N–H and O–H groups in total. The number of amides is 1. The standard InChI is InChI=1S/C16H27N3O2/c1-9(2)13(17)7-8-19(6)16(21)15-10(3)14(12(5)20)11(4)18-15/h9,13,18H,7-8,17H2,1-6H3. The molecule has 1 rings (SSSR count). The Bertz CT molecular complexity index is 532. The molecular weight excluding hydrogens is 266 g/mol. The Labute approximate surface area is 126 Å². The molecule has 0 spiro atoms. The summed E-state index contributed by atoms with van der Waals surface area (Å²) in [4.78, 5) is 28.8. The summed E-state index contributed by atoms with van der Waals surface area (Å²) in [5, 5.41) is 0. The largest absolute Gasteiger partial charge is 0.354 e. The third kappa shape index (κ3) is 3.94. The van der Waals surface area contributed by atoms with Gasteiger partial charge in [-0.15, -0.1) is 0 Å². The molecule has 0 aromatic carbocycles. The molecule has 1 amide bonds.